The van der Waals surface area contributed by atoms with Gasteiger partial charge in [-0.2, -0.15) is 0 Å². The van der Waals surface area contributed by atoms with Crippen LogP contribution in [0.2, 0.25) is 0 Å². The number of hydrogen-bond donors (Lipinski definition) is 3. The molecule has 8 heteroatoms. The van der Waals surface area contributed by atoms with E-state index in [1.165, 1.54) is 59.8 Å². The van der Waals surface area contributed by atoms with Crippen molar-refractivity contribution in [3.05, 3.63) is 35.5 Å². The van der Waals surface area contributed by atoms with Crippen LogP contribution in [0, 0.1) is 0 Å². The second-order valence-electron chi connectivity index (χ2n) is 4.19. The van der Waals surface area contributed by atoms with E-state index in [9.17, 15) is 14.4 Å². The molecule has 5 N–H and O–H groups in total. The topological polar surface area (TPSA) is 143 Å². The van der Waals surface area contributed by atoms with Crippen LogP contribution in [-0.4, -0.2) is 38.1 Å². The second-order valence-corrected chi connectivity index (χ2v) is 4.19. The van der Waals surface area contributed by atoms with Crippen LogP contribution in [0.15, 0.2) is 35.5 Å². The summed E-state index contributed by atoms with van der Waals surface area (Å²) in [5.74, 6) is -0.187. The van der Waals surface area contributed by atoms with Crippen LogP contribution in [0.1, 0.15) is 41.5 Å². The van der Waals surface area contributed by atoms with E-state index in [1.54, 1.807) is 0 Å². The van der Waals surface area contributed by atoms with Crippen molar-refractivity contribution < 1.29 is 67.9 Å². The summed E-state index contributed by atoms with van der Waals surface area (Å²) in [7, 11) is 0. The number of hydrogen-bond acceptors (Lipinski definition) is 6. The molecule has 131 valence electrons. The molecule has 0 saturated heterocycles. The summed E-state index contributed by atoms with van der Waals surface area (Å²) < 4.78 is 0. The van der Waals surface area contributed by atoms with Gasteiger partial charge in [-0.25, -0.2) is 0 Å². The van der Waals surface area contributed by atoms with Crippen LogP contribution in [0.4, 0.5) is 0 Å². The van der Waals surface area contributed by atoms with E-state index >= 15 is 0 Å². The Hall–Kier alpha value is -1.31. The molecule has 0 aromatic carbocycles. The monoisotopic (exact) mass is 407 g/mol. The van der Waals surface area contributed by atoms with Gasteiger partial charge in [0.2, 0.25) is 0 Å². The molecule has 0 aromatic heterocycles. The van der Waals surface area contributed by atoms with Crippen LogP contribution >= 0.6 is 0 Å². The third-order valence-electron chi connectivity index (χ3n) is 1.24. The third kappa shape index (κ3) is 63.2. The van der Waals surface area contributed by atoms with Crippen molar-refractivity contribution in [1.82, 2.24) is 0 Å². The molecule has 7 nitrogen and oxygen atoms in total. The zero-order valence-corrected chi connectivity index (χ0v) is 17.2. The Bertz CT molecular complexity index is 370. The molecule has 0 aliphatic rings. The molecule has 0 spiro atoms. The molecular formula is C15H26O7Y. The van der Waals surface area contributed by atoms with Gasteiger partial charge in [-0.3, -0.25) is 14.4 Å². The van der Waals surface area contributed by atoms with Gasteiger partial charge in [-0.05, 0) is 41.5 Å². The summed E-state index contributed by atoms with van der Waals surface area (Å²) in [4.78, 5) is 30.1. The summed E-state index contributed by atoms with van der Waals surface area (Å²) in [6.07, 6.45) is 3.50. The quantitative estimate of drug-likeness (QED) is 0.484. The Morgan fingerprint density at radius 1 is 0.565 bits per heavy atom. The molecule has 0 aliphatic heterocycles. The number of carbonyl (C=O) groups is 3. The van der Waals surface area contributed by atoms with Crippen LogP contribution < -0.4 is 0 Å². The Morgan fingerprint density at radius 3 is 0.696 bits per heavy atom. The Kier molecular flexibility index (Phi) is 30.0. The summed E-state index contributed by atoms with van der Waals surface area (Å²) >= 11 is 0. The van der Waals surface area contributed by atoms with Crippen LogP contribution in [0.3, 0.4) is 0 Å². The van der Waals surface area contributed by atoms with Crippen molar-refractivity contribution in [1.29, 1.82) is 0 Å². The number of aliphatic hydroxyl groups excluding tert-OH is 3. The van der Waals surface area contributed by atoms with E-state index in [0.717, 1.165) is 0 Å². The number of carbonyl (C=O) groups excluding carboxylic acids is 3. The average molecular weight is 407 g/mol. The first-order valence-electron chi connectivity index (χ1n) is 6.02. The number of allylic oxidation sites excluding steroid dienone is 6. The van der Waals surface area contributed by atoms with Crippen molar-refractivity contribution in [2.24, 2.45) is 0 Å². The number of ketones is 3. The molecule has 0 rings (SSSR count). The molecule has 0 aromatic rings. The van der Waals surface area contributed by atoms with Gasteiger partial charge >= 0.3 is 0 Å². The maximum Gasteiger partial charge on any atom is 0.155 e. The molecule has 0 aliphatic carbocycles. The maximum absolute atomic E-state index is 10.0. The molecule has 1 radical (unpaired) electrons. The van der Waals surface area contributed by atoms with E-state index in [2.05, 4.69) is 0 Å². The van der Waals surface area contributed by atoms with E-state index < -0.39 is 0 Å². The molecule has 0 amide bonds. The van der Waals surface area contributed by atoms with Gasteiger partial charge in [0, 0.05) is 50.9 Å². The van der Waals surface area contributed by atoms with Gasteiger partial charge in [-0.1, -0.05) is 0 Å². The number of aliphatic hydroxyl groups is 3. The summed E-state index contributed by atoms with van der Waals surface area (Å²) in [6.45, 7) is 8.54. The third-order valence-corrected chi connectivity index (χ3v) is 1.24. The summed E-state index contributed by atoms with van der Waals surface area (Å²) in [5, 5.41) is 25.1. The Labute approximate surface area is 162 Å². The normalized spacial score (nSPS) is 10.4. The fourth-order valence-electron chi connectivity index (χ4n) is 0.882. The predicted molar refractivity (Wildman–Crippen MR) is 84.8 cm³/mol. The molecule has 0 saturated carbocycles. The Balaban J connectivity index is -0.0000000675. The summed E-state index contributed by atoms with van der Waals surface area (Å²) in [6, 6.07) is 0. The van der Waals surface area contributed by atoms with Gasteiger partial charge in [0.1, 0.15) is 0 Å². The SMILES string of the molecule is CC(=O)/C=C(/C)O.CC(=O)/C=C(/C)O.CC(=O)/C=C(/C)O.O.[Y]. The summed E-state index contributed by atoms with van der Waals surface area (Å²) in [5.41, 5.74) is 0. The smallest absolute Gasteiger partial charge is 0.155 e. The maximum atomic E-state index is 10.0. The minimum atomic E-state index is -0.125. The van der Waals surface area contributed by atoms with Crippen LogP contribution in [0.5, 0.6) is 0 Å². The van der Waals surface area contributed by atoms with Crippen LogP contribution in [0.25, 0.3) is 0 Å². The van der Waals surface area contributed by atoms with Crippen molar-refractivity contribution in [3.63, 3.8) is 0 Å². The minimum absolute atomic E-state index is 0. The molecule has 0 unspecified atom stereocenters. The van der Waals surface area contributed by atoms with Crippen molar-refractivity contribution in [3.8, 4) is 0 Å². The van der Waals surface area contributed by atoms with Gasteiger partial charge < -0.3 is 20.8 Å². The van der Waals surface area contributed by atoms with Gasteiger partial charge in [0.05, 0.1) is 17.3 Å². The Morgan fingerprint density at radius 2 is 0.696 bits per heavy atom. The predicted octanol–water partition coefficient (Wildman–Crippen LogP) is 2.28. The van der Waals surface area contributed by atoms with Crippen molar-refractivity contribution in [2.75, 3.05) is 0 Å². The number of rotatable bonds is 3. The molecule has 0 atom stereocenters. The van der Waals surface area contributed by atoms with Crippen molar-refractivity contribution >= 4 is 17.3 Å². The first-order valence-corrected chi connectivity index (χ1v) is 6.02. The first-order chi connectivity index (χ1) is 9.38. The van der Waals surface area contributed by atoms with E-state index in [4.69, 9.17) is 15.3 Å². The van der Waals surface area contributed by atoms with Gasteiger partial charge in [0.25, 0.3) is 0 Å². The van der Waals surface area contributed by atoms with E-state index in [0.29, 0.717) is 0 Å². The zero-order chi connectivity index (χ0) is 17.6. The van der Waals surface area contributed by atoms with Crippen LogP contribution in [-0.2, 0) is 47.1 Å². The molecule has 0 heterocycles. The standard InChI is InChI=1S/3C5H8O2.H2O.Y/c3*1-4(6)3-5(2)7;;/h3*3,6H,1-2H3;1H2;/b3*4-3-;;. The van der Waals surface area contributed by atoms with Crippen molar-refractivity contribution in [2.45, 2.75) is 41.5 Å². The molecule has 23 heavy (non-hydrogen) atoms. The van der Waals surface area contributed by atoms with Gasteiger partial charge in [0.15, 0.2) is 17.3 Å². The molecule has 0 bridgehead atoms. The largest absolute Gasteiger partial charge is 0.512 e. The average Bonchev–Trinajstić information content (AvgIpc) is 2.10. The minimum Gasteiger partial charge on any atom is -0.512 e. The fraction of sp³-hybridized carbons (Fsp3) is 0.400. The molecule has 0 fully saturated rings. The zero-order valence-electron chi connectivity index (χ0n) is 14.4. The fourth-order valence-corrected chi connectivity index (χ4v) is 0.882. The molecular weight excluding hydrogens is 381 g/mol. The first kappa shape index (κ1) is 33.3. The second kappa shape index (κ2) is 20.7. The van der Waals surface area contributed by atoms with E-state index in [-0.39, 0.29) is 72.8 Å². The van der Waals surface area contributed by atoms with E-state index in [1.807, 2.05) is 0 Å². The van der Waals surface area contributed by atoms with Gasteiger partial charge in [-0.15, -0.1) is 0 Å².